The Bertz CT molecular complexity index is 76.8. The van der Waals surface area contributed by atoms with Crippen molar-refractivity contribution in [2.24, 2.45) is 0 Å². The SMILES string of the molecule is OC1CC[C@H](CCl)O1. The Morgan fingerprint density at radius 3 is 2.62 bits per heavy atom. The smallest absolute Gasteiger partial charge is 0.155 e. The molecule has 1 aliphatic rings. The van der Waals surface area contributed by atoms with Crippen LogP contribution in [0, 0.1) is 0 Å². The monoisotopic (exact) mass is 136 g/mol. The van der Waals surface area contributed by atoms with E-state index in [1.165, 1.54) is 0 Å². The van der Waals surface area contributed by atoms with Crippen LogP contribution in [0.5, 0.6) is 0 Å². The lowest BCUT2D eigenvalue weighted by atomic mass is 10.3. The third kappa shape index (κ3) is 1.34. The standard InChI is InChI=1S/C5H9ClO2/c6-3-4-1-2-5(7)8-4/h4-5,7H,1-3H2/t4-,5?/m1/s1. The van der Waals surface area contributed by atoms with Crippen molar-refractivity contribution in [3.05, 3.63) is 0 Å². The molecule has 0 amide bonds. The van der Waals surface area contributed by atoms with Crippen LogP contribution in [0.3, 0.4) is 0 Å². The van der Waals surface area contributed by atoms with Crippen LogP contribution >= 0.6 is 11.6 Å². The Morgan fingerprint density at radius 2 is 2.38 bits per heavy atom. The highest BCUT2D eigenvalue weighted by Crippen LogP contribution is 2.17. The minimum absolute atomic E-state index is 0.0895. The predicted molar refractivity (Wildman–Crippen MR) is 30.8 cm³/mol. The number of aliphatic hydroxyl groups excluding tert-OH is 1. The Kier molecular flexibility index (Phi) is 2.11. The van der Waals surface area contributed by atoms with Crippen LogP contribution in [-0.2, 0) is 4.74 Å². The first-order valence-electron chi connectivity index (χ1n) is 2.72. The summed E-state index contributed by atoms with van der Waals surface area (Å²) in [6.45, 7) is 0. The van der Waals surface area contributed by atoms with Gasteiger partial charge >= 0.3 is 0 Å². The Balaban J connectivity index is 2.22. The Hall–Kier alpha value is 0.210. The zero-order valence-electron chi connectivity index (χ0n) is 4.51. The van der Waals surface area contributed by atoms with Crippen molar-refractivity contribution < 1.29 is 9.84 Å². The summed E-state index contributed by atoms with van der Waals surface area (Å²) in [5, 5.41) is 8.75. The fourth-order valence-electron chi connectivity index (χ4n) is 0.800. The molecule has 0 spiro atoms. The molecule has 0 aromatic rings. The molecule has 1 unspecified atom stereocenters. The van der Waals surface area contributed by atoms with Gasteiger partial charge in [-0.2, -0.15) is 0 Å². The first kappa shape index (κ1) is 6.33. The van der Waals surface area contributed by atoms with E-state index in [0.29, 0.717) is 5.88 Å². The lowest BCUT2D eigenvalue weighted by Gasteiger charge is -2.03. The second kappa shape index (κ2) is 2.67. The van der Waals surface area contributed by atoms with Gasteiger partial charge in [0.05, 0.1) is 6.10 Å². The zero-order valence-corrected chi connectivity index (χ0v) is 5.27. The number of ether oxygens (including phenoxy) is 1. The summed E-state index contributed by atoms with van der Waals surface area (Å²) in [5.41, 5.74) is 0. The van der Waals surface area contributed by atoms with E-state index in [1.807, 2.05) is 0 Å². The maximum Gasteiger partial charge on any atom is 0.155 e. The van der Waals surface area contributed by atoms with E-state index in [1.54, 1.807) is 0 Å². The summed E-state index contributed by atoms with van der Waals surface area (Å²) >= 11 is 5.44. The normalized spacial score (nSPS) is 38.2. The van der Waals surface area contributed by atoms with Crippen molar-refractivity contribution in [3.63, 3.8) is 0 Å². The molecular weight excluding hydrogens is 128 g/mol. The molecule has 1 heterocycles. The van der Waals surface area contributed by atoms with Gasteiger partial charge in [0.2, 0.25) is 0 Å². The third-order valence-corrected chi connectivity index (χ3v) is 1.60. The minimum atomic E-state index is -0.557. The molecule has 1 rings (SSSR count). The summed E-state index contributed by atoms with van der Waals surface area (Å²) in [6.07, 6.45) is 1.16. The molecule has 0 saturated carbocycles. The van der Waals surface area contributed by atoms with Gasteiger partial charge in [0.1, 0.15) is 0 Å². The van der Waals surface area contributed by atoms with Gasteiger partial charge < -0.3 is 9.84 Å². The van der Waals surface area contributed by atoms with E-state index < -0.39 is 6.29 Å². The average molecular weight is 137 g/mol. The molecular formula is C5H9ClO2. The summed E-state index contributed by atoms with van der Waals surface area (Å²) in [5.74, 6) is 0.497. The molecule has 0 bridgehead atoms. The maximum absolute atomic E-state index is 8.75. The van der Waals surface area contributed by atoms with E-state index in [4.69, 9.17) is 21.4 Å². The first-order valence-corrected chi connectivity index (χ1v) is 3.26. The van der Waals surface area contributed by atoms with Crippen LogP contribution in [0.4, 0.5) is 0 Å². The van der Waals surface area contributed by atoms with Crippen molar-refractivity contribution in [2.45, 2.75) is 25.2 Å². The fourth-order valence-corrected chi connectivity index (χ4v) is 1.03. The number of alkyl halides is 1. The largest absolute Gasteiger partial charge is 0.368 e. The van der Waals surface area contributed by atoms with E-state index in [2.05, 4.69) is 0 Å². The van der Waals surface area contributed by atoms with Crippen molar-refractivity contribution in [3.8, 4) is 0 Å². The molecule has 2 atom stereocenters. The summed E-state index contributed by atoms with van der Waals surface area (Å²) in [7, 11) is 0. The van der Waals surface area contributed by atoms with E-state index in [-0.39, 0.29) is 6.10 Å². The lowest BCUT2D eigenvalue weighted by Crippen LogP contribution is -2.10. The topological polar surface area (TPSA) is 29.5 Å². The highest BCUT2D eigenvalue weighted by Gasteiger charge is 2.21. The van der Waals surface area contributed by atoms with Crippen molar-refractivity contribution in [2.75, 3.05) is 5.88 Å². The van der Waals surface area contributed by atoms with E-state index in [9.17, 15) is 0 Å². The molecule has 1 fully saturated rings. The van der Waals surface area contributed by atoms with E-state index >= 15 is 0 Å². The predicted octanol–water partition coefficient (Wildman–Crippen LogP) is 0.723. The number of rotatable bonds is 1. The molecule has 8 heavy (non-hydrogen) atoms. The average Bonchev–Trinajstić information content (AvgIpc) is 2.14. The van der Waals surface area contributed by atoms with Gasteiger partial charge in [0, 0.05) is 12.3 Å². The van der Waals surface area contributed by atoms with Gasteiger partial charge in [-0.15, -0.1) is 11.6 Å². The quantitative estimate of drug-likeness (QED) is 0.539. The number of aliphatic hydroxyl groups is 1. The van der Waals surface area contributed by atoms with Gasteiger partial charge in [-0.1, -0.05) is 0 Å². The van der Waals surface area contributed by atoms with Crippen LogP contribution < -0.4 is 0 Å². The molecule has 0 aromatic carbocycles. The van der Waals surface area contributed by atoms with Crippen LogP contribution in [0.2, 0.25) is 0 Å². The molecule has 48 valence electrons. The molecule has 1 aliphatic heterocycles. The Labute approximate surface area is 53.4 Å². The molecule has 1 saturated heterocycles. The van der Waals surface area contributed by atoms with Crippen molar-refractivity contribution >= 4 is 11.6 Å². The lowest BCUT2D eigenvalue weighted by molar-refractivity contribution is -0.0840. The zero-order chi connectivity index (χ0) is 5.98. The van der Waals surface area contributed by atoms with Crippen molar-refractivity contribution in [1.29, 1.82) is 0 Å². The molecule has 3 heteroatoms. The van der Waals surface area contributed by atoms with Gasteiger partial charge in [-0.25, -0.2) is 0 Å². The molecule has 0 radical (unpaired) electrons. The van der Waals surface area contributed by atoms with Gasteiger partial charge in [0.25, 0.3) is 0 Å². The summed E-state index contributed by atoms with van der Waals surface area (Å²) < 4.78 is 4.93. The van der Waals surface area contributed by atoms with Gasteiger partial charge in [0.15, 0.2) is 6.29 Å². The third-order valence-electron chi connectivity index (χ3n) is 1.26. The van der Waals surface area contributed by atoms with Crippen LogP contribution in [0.25, 0.3) is 0 Å². The second-order valence-corrected chi connectivity index (χ2v) is 2.25. The van der Waals surface area contributed by atoms with Crippen LogP contribution in [0.1, 0.15) is 12.8 Å². The number of hydrogen-bond donors (Lipinski definition) is 1. The molecule has 2 nitrogen and oxygen atoms in total. The second-order valence-electron chi connectivity index (χ2n) is 1.94. The molecule has 0 aromatic heterocycles. The summed E-state index contributed by atoms with van der Waals surface area (Å²) in [6, 6.07) is 0. The Morgan fingerprint density at radius 1 is 1.62 bits per heavy atom. The molecule has 0 aliphatic carbocycles. The number of hydrogen-bond acceptors (Lipinski definition) is 2. The summed E-state index contributed by atoms with van der Waals surface area (Å²) in [4.78, 5) is 0. The molecule has 1 N–H and O–H groups in total. The van der Waals surface area contributed by atoms with Crippen LogP contribution in [0.15, 0.2) is 0 Å². The first-order chi connectivity index (χ1) is 3.83. The van der Waals surface area contributed by atoms with Gasteiger partial charge in [-0.05, 0) is 6.42 Å². The maximum atomic E-state index is 8.75. The van der Waals surface area contributed by atoms with Crippen LogP contribution in [-0.4, -0.2) is 23.4 Å². The fraction of sp³-hybridized carbons (Fsp3) is 1.00. The van der Waals surface area contributed by atoms with Gasteiger partial charge in [-0.3, -0.25) is 0 Å². The van der Waals surface area contributed by atoms with Crippen molar-refractivity contribution in [1.82, 2.24) is 0 Å². The minimum Gasteiger partial charge on any atom is -0.368 e. The van der Waals surface area contributed by atoms with E-state index in [0.717, 1.165) is 12.8 Å². The highest BCUT2D eigenvalue weighted by molar-refractivity contribution is 6.18. The number of halogens is 1. The highest BCUT2D eigenvalue weighted by atomic mass is 35.5.